The fourth-order valence-electron chi connectivity index (χ4n) is 2.39. The lowest BCUT2D eigenvalue weighted by atomic mass is 10.00. The van der Waals surface area contributed by atoms with Crippen molar-refractivity contribution >= 4 is 5.91 Å². The Labute approximate surface area is 103 Å². The Kier molecular flexibility index (Phi) is 3.55. The minimum Gasteiger partial charge on any atom is -0.365 e. The van der Waals surface area contributed by atoms with E-state index in [1.54, 1.807) is 0 Å². The molecule has 0 aliphatic heterocycles. The van der Waals surface area contributed by atoms with Crippen molar-refractivity contribution in [2.45, 2.75) is 52.5 Å². The zero-order valence-corrected chi connectivity index (χ0v) is 11.0. The van der Waals surface area contributed by atoms with Gasteiger partial charge in [-0.3, -0.25) is 4.79 Å². The second-order valence-electron chi connectivity index (χ2n) is 4.94. The number of aryl methyl sites for hydroxylation is 1. The molecule has 17 heavy (non-hydrogen) atoms. The highest BCUT2D eigenvalue weighted by Crippen LogP contribution is 2.31. The van der Waals surface area contributed by atoms with Crippen molar-refractivity contribution in [2.24, 2.45) is 5.92 Å². The Morgan fingerprint density at radius 2 is 2.24 bits per heavy atom. The van der Waals surface area contributed by atoms with Crippen molar-refractivity contribution in [3.05, 3.63) is 23.0 Å². The summed E-state index contributed by atoms with van der Waals surface area (Å²) in [5, 5.41) is 3.17. The molecule has 94 valence electrons. The Hall–Kier alpha value is -1.25. The number of aromatic nitrogens is 1. The van der Waals surface area contributed by atoms with Crippen molar-refractivity contribution in [1.29, 1.82) is 0 Å². The summed E-state index contributed by atoms with van der Waals surface area (Å²) in [7, 11) is 0. The van der Waals surface area contributed by atoms with Gasteiger partial charge in [-0.2, -0.15) is 0 Å². The van der Waals surface area contributed by atoms with Crippen molar-refractivity contribution < 1.29 is 4.79 Å². The standard InChI is InChI=1S/C14H22N2O/c1-4-11-9(3)15-8-12(11)13(5-2)16-14(17)10-6-7-10/h8,10,13,15H,4-7H2,1-3H3,(H,16,17). The van der Waals surface area contributed by atoms with E-state index in [9.17, 15) is 4.79 Å². The molecule has 0 bridgehead atoms. The van der Waals surface area contributed by atoms with Crippen LogP contribution in [0.5, 0.6) is 0 Å². The molecule has 1 aromatic rings. The summed E-state index contributed by atoms with van der Waals surface area (Å²) in [5.41, 5.74) is 3.84. The molecule has 1 saturated carbocycles. The van der Waals surface area contributed by atoms with Gasteiger partial charge in [-0.25, -0.2) is 0 Å². The first kappa shape index (κ1) is 12.2. The molecule has 2 rings (SSSR count). The Balaban J connectivity index is 2.13. The third-order valence-electron chi connectivity index (χ3n) is 3.65. The summed E-state index contributed by atoms with van der Waals surface area (Å²) < 4.78 is 0. The average molecular weight is 234 g/mol. The van der Waals surface area contributed by atoms with Crippen LogP contribution in [0.3, 0.4) is 0 Å². The van der Waals surface area contributed by atoms with Crippen molar-refractivity contribution in [1.82, 2.24) is 10.3 Å². The van der Waals surface area contributed by atoms with Gasteiger partial charge in [0.25, 0.3) is 0 Å². The molecule has 1 fully saturated rings. The second-order valence-corrected chi connectivity index (χ2v) is 4.94. The molecule has 1 aromatic heterocycles. The topological polar surface area (TPSA) is 44.9 Å². The number of aromatic amines is 1. The van der Waals surface area contributed by atoms with E-state index in [4.69, 9.17) is 0 Å². The smallest absolute Gasteiger partial charge is 0.223 e. The van der Waals surface area contributed by atoms with Crippen LogP contribution in [0.1, 0.15) is 56.0 Å². The molecule has 1 amide bonds. The number of H-pyrrole nitrogens is 1. The third-order valence-corrected chi connectivity index (χ3v) is 3.65. The molecule has 0 radical (unpaired) electrons. The van der Waals surface area contributed by atoms with Crippen LogP contribution in [0.15, 0.2) is 6.20 Å². The number of nitrogens with one attached hydrogen (secondary N) is 2. The van der Waals surface area contributed by atoms with Crippen LogP contribution in [0.2, 0.25) is 0 Å². The third kappa shape index (κ3) is 2.54. The Morgan fingerprint density at radius 3 is 2.76 bits per heavy atom. The Morgan fingerprint density at radius 1 is 1.53 bits per heavy atom. The maximum atomic E-state index is 11.8. The van der Waals surface area contributed by atoms with E-state index in [2.05, 4.69) is 37.3 Å². The molecule has 2 N–H and O–H groups in total. The quantitative estimate of drug-likeness (QED) is 0.808. The highest BCUT2D eigenvalue weighted by atomic mass is 16.2. The van der Waals surface area contributed by atoms with E-state index in [0.29, 0.717) is 0 Å². The lowest BCUT2D eigenvalue weighted by Crippen LogP contribution is -2.29. The van der Waals surface area contributed by atoms with Crippen LogP contribution in [0, 0.1) is 12.8 Å². The van der Waals surface area contributed by atoms with E-state index in [-0.39, 0.29) is 17.9 Å². The minimum absolute atomic E-state index is 0.169. The molecule has 3 nitrogen and oxygen atoms in total. The van der Waals surface area contributed by atoms with E-state index in [1.807, 2.05) is 0 Å². The number of amides is 1. The summed E-state index contributed by atoms with van der Waals surface area (Å²) in [5.74, 6) is 0.520. The Bertz CT molecular complexity index is 404. The predicted molar refractivity (Wildman–Crippen MR) is 68.8 cm³/mol. The molecule has 0 spiro atoms. The van der Waals surface area contributed by atoms with Crippen LogP contribution in [-0.2, 0) is 11.2 Å². The number of hydrogen-bond donors (Lipinski definition) is 2. The monoisotopic (exact) mass is 234 g/mol. The van der Waals surface area contributed by atoms with E-state index < -0.39 is 0 Å². The summed E-state index contributed by atoms with van der Waals surface area (Å²) in [4.78, 5) is 15.1. The summed E-state index contributed by atoms with van der Waals surface area (Å²) in [6, 6.07) is 0.169. The first-order valence-corrected chi connectivity index (χ1v) is 6.64. The molecule has 0 aromatic carbocycles. The van der Waals surface area contributed by atoms with Gasteiger partial charge in [0.2, 0.25) is 5.91 Å². The SMILES string of the molecule is CCc1c(C(CC)NC(=O)C2CC2)c[nH]c1C. The molecule has 1 heterocycles. The van der Waals surface area contributed by atoms with Crippen LogP contribution in [0.25, 0.3) is 0 Å². The van der Waals surface area contributed by atoms with Crippen LogP contribution in [-0.4, -0.2) is 10.9 Å². The molecular weight excluding hydrogens is 212 g/mol. The second kappa shape index (κ2) is 4.94. The number of hydrogen-bond acceptors (Lipinski definition) is 1. The molecule has 3 heteroatoms. The zero-order chi connectivity index (χ0) is 12.4. The minimum atomic E-state index is 0.169. The number of rotatable bonds is 5. The first-order chi connectivity index (χ1) is 8.17. The maximum absolute atomic E-state index is 11.8. The van der Waals surface area contributed by atoms with Crippen LogP contribution in [0.4, 0.5) is 0 Å². The molecule has 0 saturated heterocycles. The van der Waals surface area contributed by atoms with Gasteiger partial charge in [0.15, 0.2) is 0 Å². The van der Waals surface area contributed by atoms with Gasteiger partial charge in [-0.1, -0.05) is 13.8 Å². The zero-order valence-electron chi connectivity index (χ0n) is 11.0. The van der Waals surface area contributed by atoms with Crippen LogP contribution >= 0.6 is 0 Å². The lowest BCUT2D eigenvalue weighted by molar-refractivity contribution is -0.123. The van der Waals surface area contributed by atoms with Gasteiger partial charge in [-0.15, -0.1) is 0 Å². The number of carbonyl (C=O) groups excluding carboxylic acids is 1. The first-order valence-electron chi connectivity index (χ1n) is 6.64. The molecule has 1 unspecified atom stereocenters. The van der Waals surface area contributed by atoms with Gasteiger partial charge in [0, 0.05) is 17.8 Å². The van der Waals surface area contributed by atoms with Crippen molar-refractivity contribution in [3.8, 4) is 0 Å². The molecular formula is C14H22N2O. The summed E-state index contributed by atoms with van der Waals surface area (Å²) in [6.07, 6.45) is 6.14. The molecule has 1 aliphatic rings. The molecule has 1 aliphatic carbocycles. The van der Waals surface area contributed by atoms with E-state index in [0.717, 1.165) is 25.7 Å². The lowest BCUT2D eigenvalue weighted by Gasteiger charge is -2.17. The predicted octanol–water partition coefficient (Wildman–Crippen LogP) is 2.86. The van der Waals surface area contributed by atoms with Crippen molar-refractivity contribution in [3.63, 3.8) is 0 Å². The maximum Gasteiger partial charge on any atom is 0.223 e. The summed E-state index contributed by atoms with van der Waals surface area (Å²) >= 11 is 0. The normalized spacial score (nSPS) is 16.9. The number of carbonyl (C=O) groups is 1. The van der Waals surface area contributed by atoms with Gasteiger partial charge >= 0.3 is 0 Å². The largest absolute Gasteiger partial charge is 0.365 e. The highest BCUT2D eigenvalue weighted by molar-refractivity contribution is 5.81. The van der Waals surface area contributed by atoms with E-state index >= 15 is 0 Å². The summed E-state index contributed by atoms with van der Waals surface area (Å²) in [6.45, 7) is 6.38. The highest BCUT2D eigenvalue weighted by Gasteiger charge is 2.31. The van der Waals surface area contributed by atoms with Crippen LogP contribution < -0.4 is 5.32 Å². The fourth-order valence-corrected chi connectivity index (χ4v) is 2.39. The van der Waals surface area contributed by atoms with Gasteiger partial charge in [0.1, 0.15) is 0 Å². The van der Waals surface area contributed by atoms with Gasteiger partial charge in [0.05, 0.1) is 6.04 Å². The van der Waals surface area contributed by atoms with E-state index in [1.165, 1.54) is 16.8 Å². The van der Waals surface area contributed by atoms with Crippen molar-refractivity contribution in [2.75, 3.05) is 0 Å². The average Bonchev–Trinajstić information content (AvgIpc) is 3.10. The molecule has 1 atom stereocenters. The fraction of sp³-hybridized carbons (Fsp3) is 0.643. The van der Waals surface area contributed by atoms with Gasteiger partial charge < -0.3 is 10.3 Å². The van der Waals surface area contributed by atoms with Gasteiger partial charge in [-0.05, 0) is 43.7 Å².